The van der Waals surface area contributed by atoms with E-state index in [1.807, 2.05) is 0 Å². The summed E-state index contributed by atoms with van der Waals surface area (Å²) in [5.41, 5.74) is -2.41. The second-order valence-corrected chi connectivity index (χ2v) is 5.19. The van der Waals surface area contributed by atoms with Crippen molar-refractivity contribution in [1.29, 1.82) is 10.5 Å². The molecule has 0 radical (unpaired) electrons. The van der Waals surface area contributed by atoms with Crippen molar-refractivity contribution in [3.63, 3.8) is 0 Å². The molecule has 0 bridgehead atoms. The summed E-state index contributed by atoms with van der Waals surface area (Å²) in [5.74, 6) is -0.161. The lowest BCUT2D eigenvalue weighted by molar-refractivity contribution is -0.137. The van der Waals surface area contributed by atoms with Gasteiger partial charge in [-0.15, -0.1) is 0 Å². The lowest BCUT2D eigenvalue weighted by Gasteiger charge is -2.26. The molecule has 0 saturated heterocycles. The van der Waals surface area contributed by atoms with E-state index in [0.29, 0.717) is 11.0 Å². The average Bonchev–Trinajstić information content (AvgIpc) is 2.99. The van der Waals surface area contributed by atoms with E-state index >= 15 is 0 Å². The van der Waals surface area contributed by atoms with Crippen LogP contribution < -0.4 is 4.90 Å². The second-order valence-electron chi connectivity index (χ2n) is 5.19. The van der Waals surface area contributed by atoms with Crippen LogP contribution in [0.5, 0.6) is 0 Å². The quantitative estimate of drug-likeness (QED) is 0.734. The third-order valence-electron chi connectivity index (χ3n) is 3.28. The van der Waals surface area contributed by atoms with Gasteiger partial charge in [-0.3, -0.25) is 0 Å². The number of hydrogen-bond acceptors (Lipinski definition) is 4. The predicted molar refractivity (Wildman–Crippen MR) is 76.7 cm³/mol. The van der Waals surface area contributed by atoms with Crippen LogP contribution in [-0.2, 0) is 12.7 Å². The minimum atomic E-state index is -4.90. The van der Waals surface area contributed by atoms with Crippen LogP contribution in [0, 0.1) is 22.7 Å². The topological polar surface area (TPSA) is 64.0 Å². The van der Waals surface area contributed by atoms with Gasteiger partial charge in [0.2, 0.25) is 5.76 Å². The van der Waals surface area contributed by atoms with Gasteiger partial charge in [-0.1, -0.05) is 0 Å². The van der Waals surface area contributed by atoms with Gasteiger partial charge in [0.05, 0.1) is 23.7 Å². The highest BCUT2D eigenvalue weighted by atomic mass is 19.4. The molecule has 0 atom stereocenters. The minimum absolute atomic E-state index is 0.0243. The van der Waals surface area contributed by atoms with Gasteiger partial charge in [0.1, 0.15) is 18.4 Å². The molecule has 4 nitrogen and oxygen atoms in total. The summed E-state index contributed by atoms with van der Waals surface area (Å²) in [5, 5.41) is 17.5. The van der Waals surface area contributed by atoms with Crippen LogP contribution in [0.2, 0.25) is 0 Å². The molecule has 1 heterocycles. The summed E-state index contributed by atoms with van der Waals surface area (Å²) in [6.07, 6.45) is -9.60. The first-order chi connectivity index (χ1) is 12.0. The van der Waals surface area contributed by atoms with E-state index in [-0.39, 0.29) is 17.2 Å². The molecule has 136 valence electrons. The average molecular weight is 373 g/mol. The maximum absolute atomic E-state index is 13.0. The molecule has 0 spiro atoms. The third kappa shape index (κ3) is 4.70. The number of halogens is 6. The SMILES string of the molecule is N#Cc1ccc(CN(CC(F)(F)F)c2ccc(C#N)c(C(F)(F)F)c2)o1. The van der Waals surface area contributed by atoms with Crippen LogP contribution in [-0.4, -0.2) is 12.7 Å². The highest BCUT2D eigenvalue weighted by Crippen LogP contribution is 2.35. The lowest BCUT2D eigenvalue weighted by atomic mass is 10.1. The van der Waals surface area contributed by atoms with Gasteiger partial charge < -0.3 is 9.32 Å². The van der Waals surface area contributed by atoms with Gasteiger partial charge in [0.15, 0.2) is 0 Å². The molecule has 0 amide bonds. The fraction of sp³-hybridized carbons (Fsp3) is 0.250. The molecule has 0 unspecified atom stereocenters. The zero-order valence-corrected chi connectivity index (χ0v) is 12.8. The van der Waals surface area contributed by atoms with Gasteiger partial charge in [-0.05, 0) is 30.3 Å². The molecule has 2 aromatic rings. The largest absolute Gasteiger partial charge is 0.449 e. The minimum Gasteiger partial charge on any atom is -0.449 e. The fourth-order valence-corrected chi connectivity index (χ4v) is 2.23. The third-order valence-corrected chi connectivity index (χ3v) is 3.28. The number of rotatable bonds is 4. The van der Waals surface area contributed by atoms with Crippen LogP contribution in [0.15, 0.2) is 34.7 Å². The van der Waals surface area contributed by atoms with Crippen LogP contribution >= 0.6 is 0 Å². The monoisotopic (exact) mass is 373 g/mol. The molecule has 0 aliphatic rings. The zero-order chi connectivity index (χ0) is 19.5. The summed E-state index contributed by atoms with van der Waals surface area (Å²) in [6.45, 7) is -2.05. The molecule has 0 saturated carbocycles. The Kier molecular flexibility index (Phi) is 5.17. The van der Waals surface area contributed by atoms with Crippen LogP contribution in [0.3, 0.4) is 0 Å². The second kappa shape index (κ2) is 7.00. The van der Waals surface area contributed by atoms with Crippen LogP contribution in [0.1, 0.15) is 22.6 Å². The zero-order valence-electron chi connectivity index (χ0n) is 12.8. The molecule has 0 N–H and O–H groups in total. The van der Waals surface area contributed by atoms with Crippen molar-refractivity contribution in [3.05, 3.63) is 53.0 Å². The van der Waals surface area contributed by atoms with Crippen molar-refractivity contribution < 1.29 is 30.8 Å². The Labute approximate surface area is 143 Å². The highest BCUT2D eigenvalue weighted by molar-refractivity contribution is 5.55. The van der Waals surface area contributed by atoms with E-state index in [0.717, 1.165) is 12.1 Å². The van der Waals surface area contributed by atoms with Crippen molar-refractivity contribution in [2.75, 3.05) is 11.4 Å². The van der Waals surface area contributed by atoms with Crippen molar-refractivity contribution >= 4 is 5.69 Å². The molecule has 1 aromatic carbocycles. The molecule has 2 rings (SSSR count). The Morgan fingerprint density at radius 3 is 2.15 bits per heavy atom. The Morgan fingerprint density at radius 2 is 1.65 bits per heavy atom. The maximum atomic E-state index is 13.0. The van der Waals surface area contributed by atoms with Crippen LogP contribution in [0.25, 0.3) is 0 Å². The Balaban J connectivity index is 2.45. The number of nitrogens with zero attached hydrogens (tertiary/aromatic N) is 3. The highest BCUT2D eigenvalue weighted by Gasteiger charge is 2.36. The fourth-order valence-electron chi connectivity index (χ4n) is 2.23. The Morgan fingerprint density at radius 1 is 0.962 bits per heavy atom. The molecular formula is C16H9F6N3O. The lowest BCUT2D eigenvalue weighted by Crippen LogP contribution is -2.34. The summed E-state index contributed by atoms with van der Waals surface area (Å²) < 4.78 is 82.7. The van der Waals surface area contributed by atoms with Gasteiger partial charge in [0, 0.05) is 5.69 Å². The number of anilines is 1. The normalized spacial score (nSPS) is 11.7. The molecule has 0 aliphatic heterocycles. The van der Waals surface area contributed by atoms with E-state index in [2.05, 4.69) is 0 Å². The first-order valence-corrected chi connectivity index (χ1v) is 6.95. The number of alkyl halides is 6. The maximum Gasteiger partial charge on any atom is 0.417 e. The van der Waals surface area contributed by atoms with E-state index < -0.39 is 36.6 Å². The molecular weight excluding hydrogens is 364 g/mol. The van der Waals surface area contributed by atoms with Crippen molar-refractivity contribution in [3.8, 4) is 12.1 Å². The van der Waals surface area contributed by atoms with E-state index in [4.69, 9.17) is 14.9 Å². The van der Waals surface area contributed by atoms with Gasteiger partial charge in [-0.2, -0.15) is 36.9 Å². The first-order valence-electron chi connectivity index (χ1n) is 6.95. The molecule has 10 heteroatoms. The number of furan rings is 1. The van der Waals surface area contributed by atoms with Gasteiger partial charge in [0.25, 0.3) is 0 Å². The molecule has 0 fully saturated rings. The van der Waals surface area contributed by atoms with E-state index in [1.165, 1.54) is 18.2 Å². The van der Waals surface area contributed by atoms with E-state index in [9.17, 15) is 26.3 Å². The van der Waals surface area contributed by atoms with E-state index in [1.54, 1.807) is 6.07 Å². The molecule has 26 heavy (non-hydrogen) atoms. The Bertz CT molecular complexity index is 870. The summed E-state index contributed by atoms with van der Waals surface area (Å²) in [4.78, 5) is 0.621. The van der Waals surface area contributed by atoms with Gasteiger partial charge >= 0.3 is 12.4 Å². The van der Waals surface area contributed by atoms with Crippen molar-refractivity contribution in [2.45, 2.75) is 18.9 Å². The Hall–Kier alpha value is -3.14. The summed E-state index contributed by atoms with van der Waals surface area (Å²) in [6, 6.07) is 7.81. The van der Waals surface area contributed by atoms with Crippen molar-refractivity contribution in [2.24, 2.45) is 0 Å². The standard InChI is InChI=1S/C16H9F6N3O/c17-15(18,19)9-25(8-13-4-3-12(7-24)26-13)11-2-1-10(6-23)14(5-11)16(20,21)22/h1-5H,8-9H2. The van der Waals surface area contributed by atoms with Crippen molar-refractivity contribution in [1.82, 2.24) is 0 Å². The summed E-state index contributed by atoms with van der Waals surface area (Å²) in [7, 11) is 0. The number of hydrogen-bond donors (Lipinski definition) is 0. The first kappa shape index (κ1) is 19.2. The molecule has 0 aliphatic carbocycles. The summed E-state index contributed by atoms with van der Waals surface area (Å²) >= 11 is 0. The smallest absolute Gasteiger partial charge is 0.417 e. The van der Waals surface area contributed by atoms with Crippen LogP contribution in [0.4, 0.5) is 32.0 Å². The number of benzene rings is 1. The number of nitriles is 2. The predicted octanol–water partition coefficient (Wildman–Crippen LogP) is 4.61. The van der Waals surface area contributed by atoms with Gasteiger partial charge in [-0.25, -0.2) is 0 Å². The molecule has 1 aromatic heterocycles.